The second-order valence-corrected chi connectivity index (χ2v) is 7.13. The van der Waals surface area contributed by atoms with Crippen LogP contribution in [0.2, 0.25) is 0 Å². The first-order valence-electron chi connectivity index (χ1n) is 8.68. The minimum atomic E-state index is -4.28. The van der Waals surface area contributed by atoms with Gasteiger partial charge in [-0.3, -0.25) is 4.98 Å². The van der Waals surface area contributed by atoms with Crippen LogP contribution >= 0.6 is 11.8 Å². The molecule has 0 atom stereocenters. The van der Waals surface area contributed by atoms with Gasteiger partial charge in [-0.15, -0.1) is 0 Å². The van der Waals surface area contributed by atoms with Crippen LogP contribution in [0.5, 0.6) is 5.75 Å². The van der Waals surface area contributed by atoms with Gasteiger partial charge in [0.1, 0.15) is 12.4 Å². The lowest BCUT2D eigenvalue weighted by Gasteiger charge is -2.10. The van der Waals surface area contributed by atoms with Gasteiger partial charge >= 0.3 is 5.51 Å². The Bertz CT molecular complexity index is 871. The summed E-state index contributed by atoms with van der Waals surface area (Å²) in [6, 6.07) is 18.0. The van der Waals surface area contributed by atoms with Crippen LogP contribution in [0, 0.1) is 0 Å². The zero-order valence-corrected chi connectivity index (χ0v) is 15.8. The van der Waals surface area contributed by atoms with Gasteiger partial charge in [0.25, 0.3) is 0 Å². The summed E-state index contributed by atoms with van der Waals surface area (Å²) in [7, 11) is 0. The molecule has 3 nitrogen and oxygen atoms in total. The maximum Gasteiger partial charge on any atom is 0.446 e. The first-order valence-corrected chi connectivity index (χ1v) is 9.50. The molecule has 0 aliphatic rings. The predicted molar refractivity (Wildman–Crippen MR) is 105 cm³/mol. The lowest BCUT2D eigenvalue weighted by molar-refractivity contribution is -0.0328. The van der Waals surface area contributed by atoms with Crippen LogP contribution in [-0.4, -0.2) is 23.6 Å². The summed E-state index contributed by atoms with van der Waals surface area (Å²) in [5.74, 6) is 0.543. The minimum absolute atomic E-state index is 0.135. The maximum atomic E-state index is 12.3. The molecule has 0 bridgehead atoms. The molecule has 0 saturated heterocycles. The average Bonchev–Trinajstić information content (AvgIpc) is 2.69. The third-order valence-electron chi connectivity index (χ3n) is 3.84. The molecule has 0 radical (unpaired) electrons. The van der Waals surface area contributed by atoms with Crippen molar-refractivity contribution in [3.63, 3.8) is 0 Å². The molecule has 28 heavy (non-hydrogen) atoms. The predicted octanol–water partition coefficient (Wildman–Crippen LogP) is 5.53. The van der Waals surface area contributed by atoms with E-state index in [4.69, 9.17) is 4.74 Å². The lowest BCUT2D eigenvalue weighted by Crippen LogP contribution is -2.20. The van der Waals surface area contributed by atoms with E-state index in [2.05, 4.69) is 16.4 Å². The number of nitrogens with one attached hydrogen (secondary N) is 1. The van der Waals surface area contributed by atoms with E-state index in [0.29, 0.717) is 25.4 Å². The molecule has 1 heterocycles. The Labute approximate surface area is 166 Å². The number of hydrogen-bond donors (Lipinski definition) is 1. The highest BCUT2D eigenvalue weighted by Crippen LogP contribution is 2.37. The van der Waals surface area contributed by atoms with Gasteiger partial charge in [0.15, 0.2) is 0 Å². The fourth-order valence-electron chi connectivity index (χ4n) is 2.58. The van der Waals surface area contributed by atoms with Gasteiger partial charge in [0.05, 0.1) is 0 Å². The Morgan fingerprint density at radius 3 is 2.39 bits per heavy atom. The van der Waals surface area contributed by atoms with E-state index in [9.17, 15) is 13.2 Å². The van der Waals surface area contributed by atoms with Gasteiger partial charge < -0.3 is 10.1 Å². The SMILES string of the molecule is FC(F)(F)Sc1ccc(OCCNCc2cncc(-c3ccccc3)c2)cc1. The number of rotatable bonds is 8. The zero-order valence-electron chi connectivity index (χ0n) is 14.9. The first-order chi connectivity index (χ1) is 13.5. The van der Waals surface area contributed by atoms with Crippen LogP contribution in [0.25, 0.3) is 11.1 Å². The van der Waals surface area contributed by atoms with Crippen molar-refractivity contribution in [2.24, 2.45) is 0 Å². The molecule has 0 aliphatic heterocycles. The van der Waals surface area contributed by atoms with E-state index in [1.165, 1.54) is 12.1 Å². The topological polar surface area (TPSA) is 34.1 Å². The molecule has 3 rings (SSSR count). The molecule has 7 heteroatoms. The summed E-state index contributed by atoms with van der Waals surface area (Å²) in [6.07, 6.45) is 3.65. The monoisotopic (exact) mass is 404 g/mol. The van der Waals surface area contributed by atoms with Crippen LogP contribution in [0.15, 0.2) is 78.0 Å². The number of pyridine rings is 1. The van der Waals surface area contributed by atoms with Gasteiger partial charge in [-0.05, 0) is 53.2 Å². The number of benzene rings is 2. The van der Waals surface area contributed by atoms with Crippen LogP contribution in [0.3, 0.4) is 0 Å². The van der Waals surface area contributed by atoms with E-state index >= 15 is 0 Å². The van der Waals surface area contributed by atoms with E-state index in [0.717, 1.165) is 16.7 Å². The fourth-order valence-corrected chi connectivity index (χ4v) is 3.12. The second kappa shape index (κ2) is 9.61. The van der Waals surface area contributed by atoms with Crippen molar-refractivity contribution < 1.29 is 17.9 Å². The Hall–Kier alpha value is -2.51. The molecule has 3 aromatic rings. The van der Waals surface area contributed by atoms with E-state index in [-0.39, 0.29) is 16.7 Å². The van der Waals surface area contributed by atoms with Crippen molar-refractivity contribution in [2.45, 2.75) is 16.9 Å². The maximum absolute atomic E-state index is 12.3. The van der Waals surface area contributed by atoms with Crippen molar-refractivity contribution in [3.8, 4) is 16.9 Å². The largest absolute Gasteiger partial charge is 0.492 e. The summed E-state index contributed by atoms with van der Waals surface area (Å²) in [5.41, 5.74) is -1.03. The van der Waals surface area contributed by atoms with E-state index < -0.39 is 5.51 Å². The van der Waals surface area contributed by atoms with Crippen molar-refractivity contribution in [1.29, 1.82) is 0 Å². The number of thioether (sulfide) groups is 1. The van der Waals surface area contributed by atoms with Crippen molar-refractivity contribution in [2.75, 3.05) is 13.2 Å². The van der Waals surface area contributed by atoms with Crippen molar-refractivity contribution in [3.05, 3.63) is 78.6 Å². The number of ether oxygens (including phenoxy) is 1. The summed E-state index contributed by atoms with van der Waals surface area (Å²) in [5, 5.41) is 3.28. The third-order valence-corrected chi connectivity index (χ3v) is 4.58. The highest BCUT2D eigenvalue weighted by atomic mass is 32.2. The number of alkyl halides is 3. The number of nitrogens with zero attached hydrogens (tertiary/aromatic N) is 1. The molecule has 0 amide bonds. The smallest absolute Gasteiger partial charge is 0.446 e. The van der Waals surface area contributed by atoms with Crippen LogP contribution in [0.4, 0.5) is 13.2 Å². The molecular weight excluding hydrogens is 385 g/mol. The van der Waals surface area contributed by atoms with E-state index in [1.807, 2.05) is 42.7 Å². The van der Waals surface area contributed by atoms with Crippen LogP contribution < -0.4 is 10.1 Å². The Morgan fingerprint density at radius 1 is 0.929 bits per heavy atom. The second-order valence-electron chi connectivity index (χ2n) is 5.99. The molecule has 146 valence electrons. The van der Waals surface area contributed by atoms with Gasteiger partial charge in [-0.25, -0.2) is 0 Å². The molecule has 1 N–H and O–H groups in total. The third kappa shape index (κ3) is 6.58. The van der Waals surface area contributed by atoms with Gasteiger partial charge in [0.2, 0.25) is 0 Å². The Balaban J connectivity index is 1.42. The fraction of sp³-hybridized carbons (Fsp3) is 0.190. The molecule has 1 aromatic heterocycles. The Morgan fingerprint density at radius 2 is 1.68 bits per heavy atom. The zero-order chi connectivity index (χ0) is 19.8. The highest BCUT2D eigenvalue weighted by Gasteiger charge is 2.29. The number of halogens is 3. The lowest BCUT2D eigenvalue weighted by atomic mass is 10.1. The van der Waals surface area contributed by atoms with Crippen molar-refractivity contribution in [1.82, 2.24) is 10.3 Å². The standard InChI is InChI=1S/C21H19F3N2OS/c22-21(23,24)28-20-8-6-19(7-9-20)27-11-10-25-13-16-12-18(15-26-14-16)17-4-2-1-3-5-17/h1-9,12,14-15,25H,10-11,13H2. The van der Waals surface area contributed by atoms with Gasteiger partial charge in [-0.2, -0.15) is 13.2 Å². The minimum Gasteiger partial charge on any atom is -0.492 e. The number of aromatic nitrogens is 1. The molecule has 2 aromatic carbocycles. The molecule has 0 fully saturated rings. The molecule has 0 unspecified atom stereocenters. The summed E-state index contributed by atoms with van der Waals surface area (Å²) in [6.45, 7) is 1.67. The molecule has 0 spiro atoms. The summed E-state index contributed by atoms with van der Waals surface area (Å²) in [4.78, 5) is 4.43. The van der Waals surface area contributed by atoms with Gasteiger partial charge in [0, 0.05) is 35.9 Å². The Kier molecular flexibility index (Phi) is 6.95. The average molecular weight is 404 g/mol. The summed E-state index contributed by atoms with van der Waals surface area (Å²) < 4.78 is 42.5. The quantitative estimate of drug-likeness (QED) is 0.395. The van der Waals surface area contributed by atoms with Crippen LogP contribution in [-0.2, 0) is 6.54 Å². The van der Waals surface area contributed by atoms with Crippen LogP contribution in [0.1, 0.15) is 5.56 Å². The molecule has 0 aliphatic carbocycles. The van der Waals surface area contributed by atoms with Gasteiger partial charge in [-0.1, -0.05) is 30.3 Å². The summed E-state index contributed by atoms with van der Waals surface area (Å²) >= 11 is -0.135. The number of hydrogen-bond acceptors (Lipinski definition) is 4. The normalized spacial score (nSPS) is 11.4. The van der Waals surface area contributed by atoms with E-state index in [1.54, 1.807) is 12.1 Å². The first kappa shape index (κ1) is 20.2. The highest BCUT2D eigenvalue weighted by molar-refractivity contribution is 8.00. The van der Waals surface area contributed by atoms with Crippen molar-refractivity contribution >= 4 is 11.8 Å². The molecular formula is C21H19F3N2OS. The molecule has 0 saturated carbocycles.